The first kappa shape index (κ1) is 22.5. The number of aryl methyl sites for hydroxylation is 2. The van der Waals surface area contributed by atoms with Crippen LogP contribution in [-0.2, 0) is 11.2 Å². The first-order chi connectivity index (χ1) is 16.5. The highest BCUT2D eigenvalue weighted by atomic mass is 32.1. The second-order valence-electron chi connectivity index (χ2n) is 8.59. The summed E-state index contributed by atoms with van der Waals surface area (Å²) in [6, 6.07) is 12.0. The Bertz CT molecular complexity index is 1250. The van der Waals surface area contributed by atoms with Gasteiger partial charge in [0.2, 0.25) is 23.5 Å². The van der Waals surface area contributed by atoms with Crippen molar-refractivity contribution < 1.29 is 13.7 Å². The number of oxazole rings is 1. The van der Waals surface area contributed by atoms with E-state index in [1.807, 2.05) is 60.5 Å². The Balaban J connectivity index is 1.17. The normalized spacial score (nSPS) is 15.6. The average Bonchev–Trinajstić information content (AvgIpc) is 3.61. The SMILES string of the molecule is Cc1ccc(-c2noc(C(C)N3CCN(C(=O)Cc4nc(-c5cccs5)oc4C)CC3)n2)cc1. The van der Waals surface area contributed by atoms with Gasteiger partial charge in [-0.2, -0.15) is 4.98 Å². The minimum atomic E-state index is -0.0184. The Hall–Kier alpha value is -3.30. The molecule has 4 heterocycles. The van der Waals surface area contributed by atoms with Crippen molar-refractivity contribution in [2.45, 2.75) is 33.2 Å². The number of piperazine rings is 1. The Morgan fingerprint density at radius 3 is 2.56 bits per heavy atom. The quantitative estimate of drug-likeness (QED) is 0.403. The van der Waals surface area contributed by atoms with E-state index in [9.17, 15) is 4.79 Å². The molecule has 1 unspecified atom stereocenters. The van der Waals surface area contributed by atoms with Gasteiger partial charge in [0.05, 0.1) is 23.0 Å². The molecule has 1 aromatic carbocycles. The molecule has 1 saturated heterocycles. The van der Waals surface area contributed by atoms with Gasteiger partial charge in [0.1, 0.15) is 5.76 Å². The zero-order valence-corrected chi connectivity index (χ0v) is 20.3. The lowest BCUT2D eigenvalue weighted by Gasteiger charge is -2.36. The van der Waals surface area contributed by atoms with E-state index in [0.717, 1.165) is 23.5 Å². The van der Waals surface area contributed by atoms with Crippen molar-refractivity contribution in [2.24, 2.45) is 0 Å². The number of rotatable bonds is 6. The molecule has 4 aromatic rings. The van der Waals surface area contributed by atoms with Gasteiger partial charge < -0.3 is 13.8 Å². The summed E-state index contributed by atoms with van der Waals surface area (Å²) in [5, 5.41) is 6.14. The van der Waals surface area contributed by atoms with Gasteiger partial charge in [0.25, 0.3) is 0 Å². The van der Waals surface area contributed by atoms with Crippen LogP contribution in [0.2, 0.25) is 0 Å². The van der Waals surface area contributed by atoms with Crippen LogP contribution in [0, 0.1) is 13.8 Å². The van der Waals surface area contributed by atoms with Crippen molar-refractivity contribution in [2.75, 3.05) is 26.2 Å². The lowest BCUT2D eigenvalue weighted by Crippen LogP contribution is -2.49. The number of aromatic nitrogens is 3. The summed E-state index contributed by atoms with van der Waals surface area (Å²) in [5.74, 6) is 2.54. The third-order valence-corrected chi connectivity index (χ3v) is 7.12. The summed E-state index contributed by atoms with van der Waals surface area (Å²) in [4.78, 5) is 27.2. The molecule has 0 N–H and O–H groups in total. The van der Waals surface area contributed by atoms with E-state index in [1.165, 1.54) is 5.56 Å². The molecule has 3 aromatic heterocycles. The topological polar surface area (TPSA) is 88.5 Å². The molecule has 1 aliphatic heterocycles. The standard InChI is InChI=1S/C25H27N5O3S/c1-16-6-8-19(9-7-16)23-27-24(33-28-23)17(2)29-10-12-30(13-11-29)22(31)15-20-18(3)32-25(26-20)21-5-4-14-34-21/h4-9,14,17H,10-13,15H2,1-3H3. The van der Waals surface area contributed by atoms with E-state index < -0.39 is 0 Å². The van der Waals surface area contributed by atoms with Crippen LogP contribution < -0.4 is 0 Å². The number of nitrogens with zero attached hydrogens (tertiary/aromatic N) is 5. The zero-order chi connectivity index (χ0) is 23.7. The number of carbonyl (C=O) groups is 1. The molecule has 1 fully saturated rings. The van der Waals surface area contributed by atoms with Crippen LogP contribution in [0.4, 0.5) is 0 Å². The summed E-state index contributed by atoms with van der Waals surface area (Å²) < 4.78 is 11.3. The summed E-state index contributed by atoms with van der Waals surface area (Å²) in [5.41, 5.74) is 2.84. The highest BCUT2D eigenvalue weighted by Crippen LogP contribution is 2.27. The van der Waals surface area contributed by atoms with Crippen LogP contribution in [0.15, 0.2) is 50.7 Å². The van der Waals surface area contributed by atoms with E-state index >= 15 is 0 Å². The fraction of sp³-hybridized carbons (Fsp3) is 0.360. The largest absolute Gasteiger partial charge is 0.440 e. The molecule has 0 aliphatic carbocycles. The van der Waals surface area contributed by atoms with Gasteiger partial charge in [0.15, 0.2) is 0 Å². The number of hydrogen-bond acceptors (Lipinski definition) is 8. The third kappa shape index (κ3) is 4.67. The van der Waals surface area contributed by atoms with Gasteiger partial charge in [-0.3, -0.25) is 9.69 Å². The van der Waals surface area contributed by atoms with Crippen molar-refractivity contribution in [1.82, 2.24) is 24.9 Å². The molecule has 0 saturated carbocycles. The van der Waals surface area contributed by atoms with Crippen LogP contribution in [0.1, 0.15) is 35.9 Å². The smallest absolute Gasteiger partial charge is 0.244 e. The Morgan fingerprint density at radius 1 is 1.09 bits per heavy atom. The first-order valence-electron chi connectivity index (χ1n) is 11.4. The number of thiophene rings is 1. The van der Waals surface area contributed by atoms with Crippen molar-refractivity contribution >= 4 is 17.2 Å². The van der Waals surface area contributed by atoms with Crippen molar-refractivity contribution in [3.63, 3.8) is 0 Å². The van der Waals surface area contributed by atoms with Crippen LogP contribution >= 0.6 is 11.3 Å². The maximum Gasteiger partial charge on any atom is 0.244 e. The minimum absolute atomic E-state index is 0.0184. The van der Waals surface area contributed by atoms with Gasteiger partial charge >= 0.3 is 0 Å². The Labute approximate surface area is 202 Å². The number of hydrogen-bond donors (Lipinski definition) is 0. The molecule has 8 nitrogen and oxygen atoms in total. The molecule has 1 amide bonds. The zero-order valence-electron chi connectivity index (χ0n) is 19.5. The van der Waals surface area contributed by atoms with Gasteiger partial charge in [0, 0.05) is 31.7 Å². The van der Waals surface area contributed by atoms with Crippen molar-refractivity contribution in [3.05, 3.63) is 64.7 Å². The van der Waals surface area contributed by atoms with E-state index in [4.69, 9.17) is 8.94 Å². The van der Waals surface area contributed by atoms with Crippen LogP contribution in [0.25, 0.3) is 22.2 Å². The molecular formula is C25H27N5O3S. The summed E-state index contributed by atoms with van der Waals surface area (Å²) in [7, 11) is 0. The molecule has 34 heavy (non-hydrogen) atoms. The van der Waals surface area contributed by atoms with Crippen molar-refractivity contribution in [3.8, 4) is 22.2 Å². The fourth-order valence-corrected chi connectivity index (χ4v) is 4.74. The van der Waals surface area contributed by atoms with E-state index in [2.05, 4.69) is 26.9 Å². The summed E-state index contributed by atoms with van der Waals surface area (Å²) >= 11 is 1.57. The predicted molar refractivity (Wildman–Crippen MR) is 129 cm³/mol. The number of amides is 1. The molecular weight excluding hydrogens is 450 g/mol. The molecule has 0 bridgehead atoms. The Kier molecular flexibility index (Phi) is 6.30. The third-order valence-electron chi connectivity index (χ3n) is 6.27. The van der Waals surface area contributed by atoms with Gasteiger partial charge in [-0.05, 0) is 32.2 Å². The molecule has 1 aliphatic rings. The van der Waals surface area contributed by atoms with Gasteiger partial charge in [-0.25, -0.2) is 4.98 Å². The first-order valence-corrected chi connectivity index (χ1v) is 12.3. The molecule has 176 valence electrons. The van der Waals surface area contributed by atoms with Gasteiger partial charge in [-0.15, -0.1) is 11.3 Å². The molecule has 5 rings (SSSR count). The minimum Gasteiger partial charge on any atom is -0.440 e. The number of benzene rings is 1. The van der Waals surface area contributed by atoms with Crippen LogP contribution in [0.3, 0.4) is 0 Å². The summed E-state index contributed by atoms with van der Waals surface area (Å²) in [6.45, 7) is 8.76. The lowest BCUT2D eigenvalue weighted by atomic mass is 10.1. The number of carbonyl (C=O) groups excluding carboxylic acids is 1. The molecule has 9 heteroatoms. The van der Waals surface area contributed by atoms with Gasteiger partial charge in [-0.1, -0.05) is 41.1 Å². The van der Waals surface area contributed by atoms with E-state index in [0.29, 0.717) is 42.1 Å². The average molecular weight is 478 g/mol. The maximum atomic E-state index is 12.9. The van der Waals surface area contributed by atoms with Crippen molar-refractivity contribution in [1.29, 1.82) is 0 Å². The molecule has 0 spiro atoms. The second-order valence-corrected chi connectivity index (χ2v) is 9.54. The van der Waals surface area contributed by atoms with E-state index in [1.54, 1.807) is 11.3 Å². The van der Waals surface area contributed by atoms with E-state index in [-0.39, 0.29) is 18.4 Å². The predicted octanol–water partition coefficient (Wildman–Crippen LogP) is 4.52. The maximum absolute atomic E-state index is 12.9. The fourth-order valence-electron chi connectivity index (χ4n) is 4.09. The highest BCUT2D eigenvalue weighted by Gasteiger charge is 2.28. The van der Waals surface area contributed by atoms with Crippen LogP contribution in [0.5, 0.6) is 0 Å². The summed E-state index contributed by atoms with van der Waals surface area (Å²) in [6.07, 6.45) is 0.250. The molecule has 0 radical (unpaired) electrons. The Morgan fingerprint density at radius 2 is 1.85 bits per heavy atom. The molecule has 1 atom stereocenters. The highest BCUT2D eigenvalue weighted by molar-refractivity contribution is 7.13. The monoisotopic (exact) mass is 477 g/mol. The lowest BCUT2D eigenvalue weighted by molar-refractivity contribution is -0.132. The van der Waals surface area contributed by atoms with Crippen LogP contribution in [-0.4, -0.2) is 57.0 Å². The second kappa shape index (κ2) is 9.52.